The predicted octanol–water partition coefficient (Wildman–Crippen LogP) is 1.43. The molecule has 2 aliphatic rings. The molecule has 7 nitrogen and oxygen atoms in total. The van der Waals surface area contributed by atoms with Gasteiger partial charge in [0, 0.05) is 26.7 Å². The molecule has 2 bridgehead atoms. The number of ether oxygens (including phenoxy) is 1. The van der Waals surface area contributed by atoms with Gasteiger partial charge in [0.2, 0.25) is 0 Å². The Morgan fingerprint density at radius 2 is 2.15 bits per heavy atom. The second-order valence-corrected chi connectivity index (χ2v) is 7.26. The Hall–Kier alpha value is -2.25. The number of carbonyl (C=O) groups excluding carboxylic acids is 1. The van der Waals surface area contributed by atoms with E-state index in [1.807, 2.05) is 45.2 Å². The summed E-state index contributed by atoms with van der Waals surface area (Å²) in [5, 5.41) is 8.41. The Bertz CT molecular complexity index is 818. The quantitative estimate of drug-likeness (QED) is 0.833. The van der Waals surface area contributed by atoms with Gasteiger partial charge >= 0.3 is 0 Å². The van der Waals surface area contributed by atoms with Crippen molar-refractivity contribution >= 4 is 5.91 Å². The molecule has 2 fully saturated rings. The summed E-state index contributed by atoms with van der Waals surface area (Å²) in [4.78, 5) is 17.3. The lowest BCUT2D eigenvalue weighted by Crippen LogP contribution is -2.59. The monoisotopic (exact) mass is 355 g/mol. The van der Waals surface area contributed by atoms with Crippen LogP contribution in [0, 0.1) is 13.8 Å². The van der Waals surface area contributed by atoms with Gasteiger partial charge in [-0.25, -0.2) is 4.68 Å². The number of carbonyl (C=O) groups is 1. The molecular formula is C19H25N5O2. The maximum atomic E-state index is 13.1. The molecule has 7 heteroatoms. The number of morpholine rings is 1. The molecule has 0 radical (unpaired) electrons. The maximum absolute atomic E-state index is 13.1. The van der Waals surface area contributed by atoms with Crippen molar-refractivity contribution in [1.82, 2.24) is 24.8 Å². The van der Waals surface area contributed by atoms with Crippen molar-refractivity contribution in [3.05, 3.63) is 41.2 Å². The number of likely N-dealkylation sites (N-methyl/N-ethyl adjacent to an activating group) is 1. The molecule has 3 unspecified atom stereocenters. The van der Waals surface area contributed by atoms with Crippen molar-refractivity contribution in [2.45, 2.75) is 32.4 Å². The zero-order valence-corrected chi connectivity index (χ0v) is 15.6. The molecule has 0 saturated carbocycles. The molecule has 2 saturated heterocycles. The lowest BCUT2D eigenvalue weighted by Gasteiger charge is -2.45. The fraction of sp³-hybridized carbons (Fsp3) is 0.526. The topological polar surface area (TPSA) is 63.5 Å². The third kappa shape index (κ3) is 3.01. The molecule has 1 aromatic carbocycles. The van der Waals surface area contributed by atoms with E-state index in [2.05, 4.69) is 15.2 Å². The highest BCUT2D eigenvalue weighted by Gasteiger charge is 2.38. The number of aryl methyl sites for hydroxylation is 1. The smallest absolute Gasteiger partial charge is 0.276 e. The molecule has 0 N–H and O–H groups in total. The van der Waals surface area contributed by atoms with Crippen LogP contribution in [0.4, 0.5) is 0 Å². The molecule has 138 valence electrons. The van der Waals surface area contributed by atoms with Gasteiger partial charge in [0.15, 0.2) is 5.69 Å². The van der Waals surface area contributed by atoms with Gasteiger partial charge in [-0.1, -0.05) is 17.3 Å². The van der Waals surface area contributed by atoms with Gasteiger partial charge in [0.05, 0.1) is 30.1 Å². The van der Waals surface area contributed by atoms with Crippen LogP contribution in [-0.4, -0.2) is 76.1 Å². The van der Waals surface area contributed by atoms with Gasteiger partial charge in [-0.3, -0.25) is 9.69 Å². The SMILES string of the molecule is Cc1cccc(-n2nnc(C(=O)N(C)C3CCN4CCOC3C4)c2C)c1. The van der Waals surface area contributed by atoms with E-state index >= 15 is 0 Å². The lowest BCUT2D eigenvalue weighted by atomic mass is 9.98. The number of rotatable bonds is 3. The molecule has 1 aromatic heterocycles. The average molecular weight is 355 g/mol. The highest BCUT2D eigenvalue weighted by Crippen LogP contribution is 2.24. The molecular weight excluding hydrogens is 330 g/mol. The van der Waals surface area contributed by atoms with Crippen molar-refractivity contribution in [3.63, 3.8) is 0 Å². The first-order valence-electron chi connectivity index (χ1n) is 9.15. The first-order valence-corrected chi connectivity index (χ1v) is 9.15. The van der Waals surface area contributed by atoms with E-state index in [0.29, 0.717) is 5.69 Å². The van der Waals surface area contributed by atoms with Crippen molar-refractivity contribution in [3.8, 4) is 5.69 Å². The summed E-state index contributed by atoms with van der Waals surface area (Å²) in [6, 6.07) is 8.10. The van der Waals surface area contributed by atoms with Gasteiger partial charge in [0.1, 0.15) is 0 Å². The average Bonchev–Trinajstić information content (AvgIpc) is 3.02. The van der Waals surface area contributed by atoms with E-state index < -0.39 is 0 Å². The third-order valence-electron chi connectivity index (χ3n) is 5.51. The first-order chi connectivity index (χ1) is 12.5. The van der Waals surface area contributed by atoms with Crippen LogP contribution >= 0.6 is 0 Å². The zero-order chi connectivity index (χ0) is 18.3. The summed E-state index contributed by atoms with van der Waals surface area (Å²) >= 11 is 0. The Labute approximate surface area is 153 Å². The number of benzene rings is 1. The molecule has 0 aliphatic carbocycles. The molecule has 2 aromatic rings. The second kappa shape index (κ2) is 6.81. The van der Waals surface area contributed by atoms with E-state index in [-0.39, 0.29) is 18.1 Å². The maximum Gasteiger partial charge on any atom is 0.276 e. The molecule has 26 heavy (non-hydrogen) atoms. The largest absolute Gasteiger partial charge is 0.373 e. The number of amides is 1. The first kappa shape index (κ1) is 17.2. The third-order valence-corrected chi connectivity index (χ3v) is 5.51. The number of hydrogen-bond acceptors (Lipinski definition) is 5. The fourth-order valence-corrected chi connectivity index (χ4v) is 3.96. The van der Waals surface area contributed by atoms with Crippen LogP contribution in [0.15, 0.2) is 24.3 Å². The van der Waals surface area contributed by atoms with Gasteiger partial charge in [-0.05, 0) is 38.0 Å². The number of fused-ring (bicyclic) bond motifs is 2. The minimum Gasteiger partial charge on any atom is -0.373 e. The van der Waals surface area contributed by atoms with Crippen LogP contribution in [0.25, 0.3) is 5.69 Å². The Balaban J connectivity index is 1.56. The number of piperidine rings is 1. The van der Waals surface area contributed by atoms with Crippen LogP contribution in [-0.2, 0) is 4.74 Å². The van der Waals surface area contributed by atoms with Crippen LogP contribution < -0.4 is 0 Å². The Kier molecular flexibility index (Phi) is 4.50. The van der Waals surface area contributed by atoms with Crippen molar-refractivity contribution in [2.75, 3.05) is 33.3 Å². The standard InChI is InChI=1S/C19H25N5O2/c1-13-5-4-6-15(11-13)24-14(2)18(20-21-24)19(25)22(3)16-7-8-23-9-10-26-17(16)12-23/h4-6,11,16-17H,7-10,12H2,1-3H3. The minimum absolute atomic E-state index is 0.0820. The number of aromatic nitrogens is 3. The predicted molar refractivity (Wildman–Crippen MR) is 97.5 cm³/mol. The molecule has 3 atom stereocenters. The van der Waals surface area contributed by atoms with E-state index in [9.17, 15) is 4.79 Å². The fourth-order valence-electron chi connectivity index (χ4n) is 3.96. The highest BCUT2D eigenvalue weighted by atomic mass is 16.5. The molecule has 0 spiro atoms. The molecule has 3 heterocycles. The zero-order valence-electron chi connectivity index (χ0n) is 15.6. The van der Waals surface area contributed by atoms with Crippen molar-refractivity contribution in [2.24, 2.45) is 0 Å². The van der Waals surface area contributed by atoms with Gasteiger partial charge in [-0.15, -0.1) is 5.10 Å². The van der Waals surface area contributed by atoms with Crippen LogP contribution in [0.2, 0.25) is 0 Å². The summed E-state index contributed by atoms with van der Waals surface area (Å²) in [6.45, 7) is 7.57. The summed E-state index contributed by atoms with van der Waals surface area (Å²) in [5.74, 6) is -0.0889. The van der Waals surface area contributed by atoms with E-state index in [4.69, 9.17) is 4.74 Å². The summed E-state index contributed by atoms with van der Waals surface area (Å²) in [6.07, 6.45) is 1.01. The normalized spacial score (nSPS) is 25.1. The minimum atomic E-state index is -0.0889. The van der Waals surface area contributed by atoms with Crippen molar-refractivity contribution in [1.29, 1.82) is 0 Å². The molecule has 1 amide bonds. The van der Waals surface area contributed by atoms with E-state index in [0.717, 1.165) is 49.6 Å². The molecule has 2 aliphatic heterocycles. The van der Waals surface area contributed by atoms with Crippen LogP contribution in [0.3, 0.4) is 0 Å². The van der Waals surface area contributed by atoms with Gasteiger partial charge < -0.3 is 9.64 Å². The summed E-state index contributed by atoms with van der Waals surface area (Å²) in [5.41, 5.74) is 3.23. The number of nitrogens with zero attached hydrogens (tertiary/aromatic N) is 5. The van der Waals surface area contributed by atoms with Crippen LogP contribution in [0.1, 0.15) is 28.2 Å². The van der Waals surface area contributed by atoms with Crippen LogP contribution in [0.5, 0.6) is 0 Å². The van der Waals surface area contributed by atoms with Gasteiger partial charge in [0.25, 0.3) is 5.91 Å². The molecule has 4 rings (SSSR count). The van der Waals surface area contributed by atoms with E-state index in [1.165, 1.54) is 0 Å². The lowest BCUT2D eigenvalue weighted by molar-refractivity contribution is -0.0900. The van der Waals surface area contributed by atoms with Crippen molar-refractivity contribution < 1.29 is 9.53 Å². The van der Waals surface area contributed by atoms with E-state index in [1.54, 1.807) is 9.58 Å². The Morgan fingerprint density at radius 1 is 1.31 bits per heavy atom. The number of hydrogen-bond donors (Lipinski definition) is 0. The summed E-state index contributed by atoms with van der Waals surface area (Å²) < 4.78 is 7.64. The Morgan fingerprint density at radius 3 is 2.96 bits per heavy atom. The highest BCUT2D eigenvalue weighted by molar-refractivity contribution is 5.93. The van der Waals surface area contributed by atoms with Gasteiger partial charge in [-0.2, -0.15) is 0 Å². The summed E-state index contributed by atoms with van der Waals surface area (Å²) in [7, 11) is 1.85. The second-order valence-electron chi connectivity index (χ2n) is 7.26.